The molecule has 134 valence electrons. The van der Waals surface area contributed by atoms with E-state index in [2.05, 4.69) is 26.6 Å². The normalized spacial score (nSPS) is 13.0. The first kappa shape index (κ1) is 18.5. The minimum absolute atomic E-state index is 0.0213. The smallest absolute Gasteiger partial charge is 0.406 e. The molecule has 0 unspecified atom stereocenters. The molecule has 0 aliphatic rings. The molecular weight excluding hydrogens is 354 g/mol. The molecule has 25 heavy (non-hydrogen) atoms. The van der Waals surface area contributed by atoms with Crippen molar-refractivity contribution in [1.29, 1.82) is 0 Å². The quantitative estimate of drug-likeness (QED) is 0.605. The Morgan fingerprint density at radius 1 is 1.12 bits per heavy atom. The summed E-state index contributed by atoms with van der Waals surface area (Å²) in [5.74, 6) is -1.79. The number of hydrogen-bond acceptors (Lipinski definition) is 4. The Kier molecular flexibility index (Phi) is 4.86. The summed E-state index contributed by atoms with van der Waals surface area (Å²) in [7, 11) is 0. The van der Waals surface area contributed by atoms with E-state index >= 15 is 0 Å². The van der Waals surface area contributed by atoms with Crippen LogP contribution in [-0.2, 0) is 6.18 Å². The van der Waals surface area contributed by atoms with Gasteiger partial charge in [0.1, 0.15) is 11.6 Å². The topological polar surface area (TPSA) is 52.3 Å². The second kappa shape index (κ2) is 6.57. The van der Waals surface area contributed by atoms with E-state index in [1.165, 1.54) is 19.1 Å². The van der Waals surface area contributed by atoms with E-state index < -0.39 is 24.1 Å². The molecule has 0 N–H and O–H groups in total. The maximum absolute atomic E-state index is 12.9. The van der Waals surface area contributed by atoms with Crippen molar-refractivity contribution in [3.8, 4) is 5.75 Å². The van der Waals surface area contributed by atoms with Crippen molar-refractivity contribution < 1.29 is 31.1 Å². The number of rotatable bonds is 4. The van der Waals surface area contributed by atoms with Crippen molar-refractivity contribution in [2.45, 2.75) is 19.5 Å². The maximum Gasteiger partial charge on any atom is 0.573 e. The van der Waals surface area contributed by atoms with Crippen molar-refractivity contribution in [2.75, 3.05) is 0 Å². The molecule has 0 saturated heterocycles. The van der Waals surface area contributed by atoms with Gasteiger partial charge in [-0.15, -0.1) is 23.4 Å². The zero-order valence-electron chi connectivity index (χ0n) is 12.6. The highest BCUT2D eigenvalue weighted by Crippen LogP contribution is 2.30. The molecule has 0 bridgehead atoms. The number of ether oxygens (including phenoxy) is 1. The van der Waals surface area contributed by atoms with Gasteiger partial charge in [0.15, 0.2) is 0 Å². The van der Waals surface area contributed by atoms with E-state index in [1.807, 2.05) is 0 Å². The van der Waals surface area contributed by atoms with Crippen LogP contribution in [0.4, 0.5) is 26.3 Å². The third-order valence-corrected chi connectivity index (χ3v) is 2.93. The first-order valence-corrected chi connectivity index (χ1v) is 6.54. The Balaban J connectivity index is 2.39. The highest BCUT2D eigenvalue weighted by atomic mass is 19.4. The van der Waals surface area contributed by atoms with Gasteiger partial charge in [-0.2, -0.15) is 13.2 Å². The lowest BCUT2D eigenvalue weighted by atomic mass is 10.1. The number of nitrogens with zero attached hydrogens (tertiary/aromatic N) is 4. The summed E-state index contributed by atoms with van der Waals surface area (Å²) in [5.41, 5.74) is 0.206. The molecule has 0 spiro atoms. The van der Waals surface area contributed by atoms with Gasteiger partial charge in [0, 0.05) is 11.8 Å². The van der Waals surface area contributed by atoms with Crippen LogP contribution in [0.25, 0.3) is 11.9 Å². The van der Waals surface area contributed by atoms with Gasteiger partial charge in [0.25, 0.3) is 0 Å². The van der Waals surface area contributed by atoms with Gasteiger partial charge in [-0.25, -0.2) is 0 Å². The summed E-state index contributed by atoms with van der Waals surface area (Å²) in [4.78, 5) is 3.61. The van der Waals surface area contributed by atoms with Gasteiger partial charge in [0.2, 0.25) is 5.82 Å². The zero-order chi connectivity index (χ0) is 18.8. The molecule has 1 aromatic carbocycles. The van der Waals surface area contributed by atoms with Crippen LogP contribution in [0.2, 0.25) is 0 Å². The van der Waals surface area contributed by atoms with Crippen molar-refractivity contribution in [1.82, 2.24) is 14.8 Å². The summed E-state index contributed by atoms with van der Waals surface area (Å²) in [6.45, 7) is 4.56. The number of aliphatic imine (C=N–C) groups is 1. The lowest BCUT2D eigenvalue weighted by Crippen LogP contribution is -2.17. The van der Waals surface area contributed by atoms with Gasteiger partial charge in [-0.3, -0.25) is 9.56 Å². The standard InChI is InChI=1S/C14H10F6N4O/c1-8-22-23-12(13(15,16)17)24(8)7-11(21-2)9-3-5-10(6-4-9)25-14(18,19)20/h3-7H,2H2,1H3/b11-7-. The predicted octanol–water partition coefficient (Wildman–Crippen LogP) is 4.16. The van der Waals surface area contributed by atoms with E-state index in [-0.39, 0.29) is 17.1 Å². The van der Waals surface area contributed by atoms with Crippen LogP contribution < -0.4 is 4.74 Å². The first-order chi connectivity index (χ1) is 11.5. The molecule has 11 heteroatoms. The first-order valence-electron chi connectivity index (χ1n) is 6.54. The van der Waals surface area contributed by atoms with Gasteiger partial charge >= 0.3 is 12.5 Å². The maximum atomic E-state index is 12.9. The summed E-state index contributed by atoms with van der Waals surface area (Å²) in [5, 5.41) is 6.42. The molecule has 0 fully saturated rings. The van der Waals surface area contributed by atoms with Gasteiger partial charge in [-0.1, -0.05) is 0 Å². The van der Waals surface area contributed by atoms with Crippen LogP contribution in [-0.4, -0.2) is 27.8 Å². The SMILES string of the molecule is C=N/C(=C\n1c(C)nnc1C(F)(F)F)c1ccc(OC(F)(F)F)cc1. The molecule has 0 saturated carbocycles. The van der Waals surface area contributed by atoms with E-state index in [1.54, 1.807) is 0 Å². The Morgan fingerprint density at radius 2 is 1.72 bits per heavy atom. The van der Waals surface area contributed by atoms with E-state index in [0.29, 0.717) is 4.57 Å². The summed E-state index contributed by atoms with van der Waals surface area (Å²) in [6.07, 6.45) is -8.60. The van der Waals surface area contributed by atoms with Crippen molar-refractivity contribution in [3.05, 3.63) is 41.5 Å². The monoisotopic (exact) mass is 364 g/mol. The number of halogens is 6. The fourth-order valence-electron chi connectivity index (χ4n) is 1.87. The second-order valence-corrected chi connectivity index (χ2v) is 4.68. The molecule has 1 heterocycles. The van der Waals surface area contributed by atoms with Crippen molar-refractivity contribution in [2.24, 2.45) is 4.99 Å². The molecule has 0 aliphatic heterocycles. The Morgan fingerprint density at radius 3 is 2.20 bits per heavy atom. The molecule has 2 rings (SSSR count). The average Bonchev–Trinajstić information content (AvgIpc) is 2.85. The third-order valence-electron chi connectivity index (χ3n) is 2.93. The van der Waals surface area contributed by atoms with Gasteiger partial charge in [-0.05, 0) is 37.9 Å². The molecule has 0 amide bonds. The number of aromatic nitrogens is 3. The second-order valence-electron chi connectivity index (χ2n) is 4.68. The summed E-state index contributed by atoms with van der Waals surface area (Å²) < 4.78 is 79.5. The summed E-state index contributed by atoms with van der Waals surface area (Å²) in [6, 6.07) is 4.42. The highest BCUT2D eigenvalue weighted by molar-refractivity contribution is 5.77. The van der Waals surface area contributed by atoms with Crippen LogP contribution in [0.3, 0.4) is 0 Å². The fourth-order valence-corrected chi connectivity index (χ4v) is 1.87. The Hall–Kier alpha value is -2.85. The van der Waals surface area contributed by atoms with Gasteiger partial charge < -0.3 is 4.74 Å². The molecule has 0 atom stereocenters. The lowest BCUT2D eigenvalue weighted by Gasteiger charge is -2.10. The van der Waals surface area contributed by atoms with Crippen molar-refractivity contribution >= 4 is 18.6 Å². The predicted molar refractivity (Wildman–Crippen MR) is 76.6 cm³/mol. The largest absolute Gasteiger partial charge is 0.573 e. The molecule has 0 radical (unpaired) electrons. The zero-order valence-corrected chi connectivity index (χ0v) is 12.6. The highest BCUT2D eigenvalue weighted by Gasteiger charge is 2.37. The average molecular weight is 364 g/mol. The number of alkyl halides is 6. The van der Waals surface area contributed by atoms with Gasteiger partial charge in [0.05, 0.1) is 5.70 Å². The lowest BCUT2D eigenvalue weighted by molar-refractivity contribution is -0.274. The van der Waals surface area contributed by atoms with Crippen LogP contribution in [0, 0.1) is 6.92 Å². The van der Waals surface area contributed by atoms with Crippen LogP contribution in [0.5, 0.6) is 5.75 Å². The fraction of sp³-hybridized carbons (Fsp3) is 0.214. The molecule has 1 aromatic heterocycles. The van der Waals surface area contributed by atoms with E-state index in [0.717, 1.165) is 18.3 Å². The number of aryl methyl sites for hydroxylation is 1. The Labute approximate surface area is 137 Å². The number of hydrogen-bond donors (Lipinski definition) is 0. The molecular formula is C14H10F6N4O. The van der Waals surface area contributed by atoms with Crippen LogP contribution in [0.15, 0.2) is 29.3 Å². The van der Waals surface area contributed by atoms with E-state index in [4.69, 9.17) is 0 Å². The van der Waals surface area contributed by atoms with Crippen LogP contribution >= 0.6 is 0 Å². The van der Waals surface area contributed by atoms with E-state index in [9.17, 15) is 26.3 Å². The summed E-state index contributed by atoms with van der Waals surface area (Å²) >= 11 is 0. The molecule has 0 aliphatic carbocycles. The number of benzene rings is 1. The third kappa shape index (κ3) is 4.58. The minimum Gasteiger partial charge on any atom is -0.406 e. The minimum atomic E-state index is -4.85. The van der Waals surface area contributed by atoms with Crippen molar-refractivity contribution in [3.63, 3.8) is 0 Å². The molecule has 2 aromatic rings. The Bertz CT molecular complexity index is 789. The molecule has 5 nitrogen and oxygen atoms in total. The van der Waals surface area contributed by atoms with Crippen LogP contribution in [0.1, 0.15) is 17.2 Å².